The van der Waals surface area contributed by atoms with Gasteiger partial charge in [-0.15, -0.1) is 0 Å². The van der Waals surface area contributed by atoms with Crippen LogP contribution in [0.1, 0.15) is 27.1 Å². The van der Waals surface area contributed by atoms with Crippen molar-refractivity contribution < 1.29 is 19.8 Å². The van der Waals surface area contributed by atoms with E-state index in [4.69, 9.17) is 0 Å². The van der Waals surface area contributed by atoms with Gasteiger partial charge in [0.2, 0.25) is 0 Å². The molecule has 0 spiro atoms. The molecule has 0 bridgehead atoms. The molecule has 0 aromatic heterocycles. The molecule has 0 saturated carbocycles. The Hall–Kier alpha value is -2.89. The van der Waals surface area contributed by atoms with E-state index in [-0.39, 0.29) is 11.1 Å². The van der Waals surface area contributed by atoms with Crippen LogP contribution in [0.3, 0.4) is 0 Å². The monoisotopic (exact) mass is 284 g/mol. The average Bonchev–Trinajstić information content (AvgIpc) is 2.98. The predicted octanol–water partition coefficient (Wildman–Crippen LogP) is 2.43. The number of hydrazone groups is 1. The second-order valence-corrected chi connectivity index (χ2v) is 4.69. The number of carbonyl (C=O) groups is 2. The van der Waals surface area contributed by atoms with Crippen molar-refractivity contribution in [1.29, 1.82) is 0 Å². The van der Waals surface area contributed by atoms with E-state index in [2.05, 4.69) is 5.10 Å². The zero-order valence-electron chi connectivity index (χ0n) is 11.0. The van der Waals surface area contributed by atoms with Crippen LogP contribution in [0, 0.1) is 0 Å². The molecule has 6 nitrogen and oxygen atoms in total. The highest BCUT2D eigenvalue weighted by Crippen LogP contribution is 2.33. The van der Waals surface area contributed by atoms with E-state index in [0.29, 0.717) is 29.4 Å². The molecular formula is C15H12N2O4. The van der Waals surface area contributed by atoms with Gasteiger partial charge in [0.15, 0.2) is 0 Å². The van der Waals surface area contributed by atoms with Crippen LogP contribution >= 0.6 is 0 Å². The molecule has 0 amide bonds. The lowest BCUT2D eigenvalue weighted by Gasteiger charge is -2.19. The lowest BCUT2D eigenvalue weighted by molar-refractivity contribution is 0.0654. The van der Waals surface area contributed by atoms with E-state index in [1.807, 2.05) is 0 Å². The van der Waals surface area contributed by atoms with Crippen LogP contribution < -0.4 is 5.01 Å². The molecule has 2 aromatic carbocycles. The van der Waals surface area contributed by atoms with Crippen LogP contribution in [0.2, 0.25) is 0 Å². The van der Waals surface area contributed by atoms with Gasteiger partial charge in [0, 0.05) is 19.2 Å². The minimum Gasteiger partial charge on any atom is -0.478 e. The molecule has 3 rings (SSSR count). The van der Waals surface area contributed by atoms with Crippen LogP contribution in [-0.2, 0) is 0 Å². The van der Waals surface area contributed by atoms with E-state index in [9.17, 15) is 19.8 Å². The SMILES string of the molecule is O=C(O)c1c(N2CCC=N2)cc2ccccc2c1C(=O)O. The highest BCUT2D eigenvalue weighted by molar-refractivity contribution is 6.15. The number of hydrogen-bond acceptors (Lipinski definition) is 4. The number of carboxylic acid groups (broad SMARTS) is 2. The summed E-state index contributed by atoms with van der Waals surface area (Å²) >= 11 is 0. The van der Waals surface area contributed by atoms with Gasteiger partial charge >= 0.3 is 11.9 Å². The van der Waals surface area contributed by atoms with Gasteiger partial charge in [0.1, 0.15) is 0 Å². The molecule has 0 fully saturated rings. The minimum atomic E-state index is -1.27. The predicted molar refractivity (Wildman–Crippen MR) is 78.3 cm³/mol. The van der Waals surface area contributed by atoms with Gasteiger partial charge in [0.05, 0.1) is 16.8 Å². The van der Waals surface area contributed by atoms with Crippen molar-refractivity contribution in [2.75, 3.05) is 11.6 Å². The molecule has 0 aliphatic carbocycles. The Morgan fingerprint density at radius 3 is 2.43 bits per heavy atom. The molecule has 0 unspecified atom stereocenters. The van der Waals surface area contributed by atoms with Crippen molar-refractivity contribution in [2.24, 2.45) is 5.10 Å². The Morgan fingerprint density at radius 1 is 1.10 bits per heavy atom. The quantitative estimate of drug-likeness (QED) is 0.903. The van der Waals surface area contributed by atoms with Gasteiger partial charge in [-0.3, -0.25) is 5.01 Å². The number of rotatable bonds is 3. The maximum atomic E-state index is 11.6. The normalized spacial score (nSPS) is 13.8. The molecule has 0 atom stereocenters. The summed E-state index contributed by atoms with van der Waals surface area (Å²) < 4.78 is 0. The first-order valence-electron chi connectivity index (χ1n) is 6.42. The number of carboxylic acids is 2. The maximum Gasteiger partial charge on any atom is 0.338 e. The number of hydrogen-bond donors (Lipinski definition) is 2. The van der Waals surface area contributed by atoms with Crippen LogP contribution in [-0.4, -0.2) is 34.9 Å². The standard InChI is InChI=1S/C15H12N2O4/c18-14(19)12-10-5-2-1-4-9(10)8-11(13(12)15(20)21)17-7-3-6-16-17/h1-2,4-6,8H,3,7H2,(H,18,19)(H,20,21). The molecule has 2 aromatic rings. The van der Waals surface area contributed by atoms with Crippen LogP contribution in [0.25, 0.3) is 10.8 Å². The van der Waals surface area contributed by atoms with Crippen molar-refractivity contribution in [3.63, 3.8) is 0 Å². The average molecular weight is 284 g/mol. The smallest absolute Gasteiger partial charge is 0.338 e. The first-order chi connectivity index (χ1) is 10.1. The van der Waals surface area contributed by atoms with Crippen molar-refractivity contribution in [3.8, 4) is 0 Å². The number of anilines is 1. The molecule has 1 heterocycles. The zero-order chi connectivity index (χ0) is 15.0. The third-order valence-corrected chi connectivity index (χ3v) is 3.43. The van der Waals surface area contributed by atoms with Gasteiger partial charge in [-0.25, -0.2) is 9.59 Å². The van der Waals surface area contributed by atoms with E-state index in [1.54, 1.807) is 36.5 Å². The summed E-state index contributed by atoms with van der Waals surface area (Å²) in [4.78, 5) is 23.2. The Labute approximate surface area is 119 Å². The highest BCUT2D eigenvalue weighted by Gasteiger charge is 2.27. The van der Waals surface area contributed by atoms with Gasteiger partial charge in [0.25, 0.3) is 0 Å². The summed E-state index contributed by atoms with van der Waals surface area (Å²) in [6.07, 6.45) is 2.38. The Balaban J connectivity index is 2.40. The Bertz CT molecular complexity index is 783. The fourth-order valence-corrected chi connectivity index (χ4v) is 2.55. The summed E-state index contributed by atoms with van der Waals surface area (Å²) in [7, 11) is 0. The molecule has 6 heteroatoms. The van der Waals surface area contributed by atoms with Gasteiger partial charge in [-0.2, -0.15) is 5.10 Å². The summed E-state index contributed by atoms with van der Waals surface area (Å²) in [5, 5.41) is 25.7. The van der Waals surface area contributed by atoms with E-state index >= 15 is 0 Å². The van der Waals surface area contributed by atoms with Crippen molar-refractivity contribution >= 4 is 34.6 Å². The van der Waals surface area contributed by atoms with Gasteiger partial charge in [-0.05, 0) is 16.8 Å². The molecule has 0 saturated heterocycles. The summed E-state index contributed by atoms with van der Waals surface area (Å²) in [5.41, 5.74) is -0.106. The van der Waals surface area contributed by atoms with E-state index < -0.39 is 11.9 Å². The second kappa shape index (κ2) is 4.90. The van der Waals surface area contributed by atoms with Crippen LogP contribution in [0.4, 0.5) is 5.69 Å². The Kier molecular flexibility index (Phi) is 3.06. The lowest BCUT2D eigenvalue weighted by Crippen LogP contribution is -2.19. The number of aromatic carboxylic acids is 2. The molecule has 106 valence electrons. The molecule has 1 aliphatic heterocycles. The zero-order valence-corrected chi connectivity index (χ0v) is 11.0. The van der Waals surface area contributed by atoms with Crippen molar-refractivity contribution in [3.05, 3.63) is 41.5 Å². The Morgan fingerprint density at radius 2 is 1.81 bits per heavy atom. The third-order valence-electron chi connectivity index (χ3n) is 3.43. The summed E-state index contributed by atoms with van der Waals surface area (Å²) in [5.74, 6) is -2.52. The fourth-order valence-electron chi connectivity index (χ4n) is 2.55. The largest absolute Gasteiger partial charge is 0.478 e. The summed E-state index contributed by atoms with van der Waals surface area (Å²) in [6.45, 7) is 0.539. The second-order valence-electron chi connectivity index (χ2n) is 4.69. The molecule has 0 radical (unpaired) electrons. The van der Waals surface area contributed by atoms with E-state index in [0.717, 1.165) is 0 Å². The highest BCUT2D eigenvalue weighted by atomic mass is 16.4. The van der Waals surface area contributed by atoms with Crippen molar-refractivity contribution in [2.45, 2.75) is 6.42 Å². The van der Waals surface area contributed by atoms with Gasteiger partial charge < -0.3 is 10.2 Å². The van der Waals surface area contributed by atoms with Crippen LogP contribution in [0.15, 0.2) is 35.4 Å². The molecule has 2 N–H and O–H groups in total. The first-order valence-corrected chi connectivity index (χ1v) is 6.42. The topological polar surface area (TPSA) is 90.2 Å². The number of benzene rings is 2. The van der Waals surface area contributed by atoms with Crippen molar-refractivity contribution in [1.82, 2.24) is 0 Å². The minimum absolute atomic E-state index is 0.197. The first kappa shape index (κ1) is 13.1. The lowest BCUT2D eigenvalue weighted by atomic mass is 9.96. The molecule has 21 heavy (non-hydrogen) atoms. The summed E-state index contributed by atoms with van der Waals surface area (Å²) in [6, 6.07) is 8.52. The van der Waals surface area contributed by atoms with E-state index in [1.165, 1.54) is 5.01 Å². The van der Waals surface area contributed by atoms with Gasteiger partial charge in [-0.1, -0.05) is 24.3 Å². The maximum absolute atomic E-state index is 11.6. The molecular weight excluding hydrogens is 272 g/mol. The van der Waals surface area contributed by atoms with Crippen LogP contribution in [0.5, 0.6) is 0 Å². The molecule has 1 aliphatic rings. The fraction of sp³-hybridized carbons (Fsp3) is 0.133. The third kappa shape index (κ3) is 2.10. The number of nitrogens with zero attached hydrogens (tertiary/aromatic N) is 2. The number of fused-ring (bicyclic) bond motifs is 1.